The molecule has 0 bridgehead atoms. The van der Waals surface area contributed by atoms with Gasteiger partial charge in [-0.05, 0) is 19.1 Å². The summed E-state index contributed by atoms with van der Waals surface area (Å²) < 4.78 is 1.95. The van der Waals surface area contributed by atoms with Gasteiger partial charge in [0.2, 0.25) is 0 Å². The fourth-order valence-electron chi connectivity index (χ4n) is 4.35. The quantitative estimate of drug-likeness (QED) is 0.355. The summed E-state index contributed by atoms with van der Waals surface area (Å²) in [6.07, 6.45) is 10.7. The Balaban J connectivity index is 1.31. The average Bonchev–Trinajstić information content (AvgIpc) is 3.59. The van der Waals surface area contributed by atoms with Crippen molar-refractivity contribution in [2.75, 3.05) is 18.0 Å². The van der Waals surface area contributed by atoms with Crippen LogP contribution in [-0.4, -0.2) is 68.8 Å². The summed E-state index contributed by atoms with van der Waals surface area (Å²) in [5.74, 6) is 1.40. The van der Waals surface area contributed by atoms with Crippen LogP contribution in [0, 0.1) is 6.92 Å². The largest absolute Gasteiger partial charge is 0.352 e. The number of nitrogens with two attached hydrogens (primary N) is 1. The second-order valence-electron chi connectivity index (χ2n) is 8.65. The van der Waals surface area contributed by atoms with E-state index >= 15 is 0 Å². The standard InChI is InChI=1S/C23H20N12/c1-12-8-35(11-28-12)18-2-3-26-22-21(18)30-23(31-22)20-14-4-15(27-6-16(14)32-33-20)17-5-25-7-19(29-17)34-9-13(24)10-34/h2-8,11,13H,9-10,24H2,1H3,(H,32,33)(H,26,30,31). The number of pyridine rings is 2. The summed E-state index contributed by atoms with van der Waals surface area (Å²) in [7, 11) is 0. The van der Waals surface area contributed by atoms with Gasteiger partial charge in [0.05, 0.1) is 47.5 Å². The molecule has 1 saturated heterocycles. The van der Waals surface area contributed by atoms with Crippen molar-refractivity contribution in [2.45, 2.75) is 13.0 Å². The number of H-pyrrole nitrogens is 2. The Morgan fingerprint density at radius 2 is 1.97 bits per heavy atom. The molecule has 1 aliphatic rings. The molecule has 12 heteroatoms. The molecular weight excluding hydrogens is 444 g/mol. The first kappa shape index (κ1) is 19.7. The number of hydrogen-bond donors (Lipinski definition) is 3. The van der Waals surface area contributed by atoms with E-state index in [1.165, 1.54) is 0 Å². The number of nitrogens with one attached hydrogen (secondary N) is 2. The third-order valence-electron chi connectivity index (χ3n) is 6.15. The smallest absolute Gasteiger partial charge is 0.180 e. The van der Waals surface area contributed by atoms with Gasteiger partial charge in [-0.2, -0.15) is 5.10 Å². The number of imidazole rings is 2. The fraction of sp³-hybridized carbons (Fsp3) is 0.174. The zero-order valence-electron chi connectivity index (χ0n) is 18.7. The predicted octanol–water partition coefficient (Wildman–Crippen LogP) is 1.99. The molecule has 172 valence electrons. The molecular formula is C23H20N12. The molecule has 0 spiro atoms. The Morgan fingerprint density at radius 1 is 1.06 bits per heavy atom. The van der Waals surface area contributed by atoms with Gasteiger partial charge in [-0.25, -0.2) is 19.9 Å². The van der Waals surface area contributed by atoms with E-state index in [9.17, 15) is 0 Å². The van der Waals surface area contributed by atoms with E-state index < -0.39 is 0 Å². The van der Waals surface area contributed by atoms with Crippen LogP contribution in [0.25, 0.3) is 50.7 Å². The molecule has 0 atom stereocenters. The molecule has 7 rings (SSSR count). The predicted molar refractivity (Wildman–Crippen MR) is 130 cm³/mol. The Labute approximate surface area is 198 Å². The zero-order chi connectivity index (χ0) is 23.5. The number of aromatic amines is 2. The van der Waals surface area contributed by atoms with Crippen molar-refractivity contribution in [2.24, 2.45) is 5.73 Å². The molecule has 0 unspecified atom stereocenters. The first-order valence-corrected chi connectivity index (χ1v) is 11.2. The summed E-state index contributed by atoms with van der Waals surface area (Å²) in [6.45, 7) is 3.50. The maximum absolute atomic E-state index is 5.92. The fourth-order valence-corrected chi connectivity index (χ4v) is 4.35. The molecule has 1 fully saturated rings. The van der Waals surface area contributed by atoms with E-state index in [2.05, 4.69) is 40.0 Å². The molecule has 6 aromatic heterocycles. The minimum Gasteiger partial charge on any atom is -0.352 e. The zero-order valence-corrected chi connectivity index (χ0v) is 18.7. The van der Waals surface area contributed by atoms with Crippen molar-refractivity contribution >= 4 is 27.9 Å². The molecule has 0 aromatic carbocycles. The highest BCUT2D eigenvalue weighted by Crippen LogP contribution is 2.30. The molecule has 1 aliphatic heterocycles. The van der Waals surface area contributed by atoms with Crippen LogP contribution in [0.5, 0.6) is 0 Å². The molecule has 7 heterocycles. The Morgan fingerprint density at radius 3 is 2.80 bits per heavy atom. The first-order chi connectivity index (χ1) is 17.1. The van der Waals surface area contributed by atoms with Crippen molar-refractivity contribution in [3.63, 3.8) is 0 Å². The van der Waals surface area contributed by atoms with Crippen LogP contribution in [0.1, 0.15) is 5.69 Å². The van der Waals surface area contributed by atoms with Crippen LogP contribution in [0.4, 0.5) is 5.82 Å². The van der Waals surface area contributed by atoms with Crippen molar-refractivity contribution in [1.29, 1.82) is 0 Å². The normalized spacial score (nSPS) is 14.2. The van der Waals surface area contributed by atoms with Crippen molar-refractivity contribution in [1.82, 2.24) is 49.7 Å². The van der Waals surface area contributed by atoms with Crippen LogP contribution < -0.4 is 10.6 Å². The van der Waals surface area contributed by atoms with Gasteiger partial charge in [0, 0.05) is 36.9 Å². The SMILES string of the molecule is Cc1cn(-c2ccnc3nc(-c4n[nH]c5cnc(-c6cncc(N7CC(N)C7)n6)cc45)[nH]c23)cn1. The van der Waals surface area contributed by atoms with E-state index in [0.29, 0.717) is 28.6 Å². The van der Waals surface area contributed by atoms with Crippen LogP contribution >= 0.6 is 0 Å². The van der Waals surface area contributed by atoms with Gasteiger partial charge >= 0.3 is 0 Å². The lowest BCUT2D eigenvalue weighted by molar-refractivity contribution is 0.514. The van der Waals surface area contributed by atoms with E-state index in [-0.39, 0.29) is 6.04 Å². The number of aryl methyl sites for hydroxylation is 1. The van der Waals surface area contributed by atoms with E-state index in [1.54, 1.807) is 31.1 Å². The molecule has 0 radical (unpaired) electrons. The van der Waals surface area contributed by atoms with Gasteiger partial charge in [-0.15, -0.1) is 0 Å². The molecule has 35 heavy (non-hydrogen) atoms. The highest BCUT2D eigenvalue weighted by Gasteiger charge is 2.25. The van der Waals surface area contributed by atoms with E-state index in [4.69, 9.17) is 15.7 Å². The monoisotopic (exact) mass is 464 g/mol. The minimum absolute atomic E-state index is 0.181. The molecule has 0 amide bonds. The third kappa shape index (κ3) is 3.22. The number of rotatable bonds is 4. The summed E-state index contributed by atoms with van der Waals surface area (Å²) in [5, 5.41) is 8.43. The van der Waals surface area contributed by atoms with E-state index in [0.717, 1.165) is 46.7 Å². The van der Waals surface area contributed by atoms with Crippen molar-refractivity contribution in [3.05, 3.63) is 55.1 Å². The molecule has 0 aliphatic carbocycles. The van der Waals surface area contributed by atoms with Gasteiger partial charge < -0.3 is 20.2 Å². The summed E-state index contributed by atoms with van der Waals surface area (Å²) in [6, 6.07) is 4.05. The van der Waals surface area contributed by atoms with Crippen LogP contribution in [0.2, 0.25) is 0 Å². The van der Waals surface area contributed by atoms with E-state index in [1.807, 2.05) is 29.8 Å². The maximum Gasteiger partial charge on any atom is 0.180 e. The Hall–Kier alpha value is -4.71. The molecule has 4 N–H and O–H groups in total. The second-order valence-corrected chi connectivity index (χ2v) is 8.65. The van der Waals surface area contributed by atoms with Gasteiger partial charge in [0.15, 0.2) is 11.5 Å². The lowest BCUT2D eigenvalue weighted by atomic mass is 10.1. The number of fused-ring (bicyclic) bond motifs is 2. The highest BCUT2D eigenvalue weighted by atomic mass is 15.3. The third-order valence-corrected chi connectivity index (χ3v) is 6.15. The number of anilines is 1. The topological polar surface area (TPSA) is 156 Å². The number of hydrogen-bond acceptors (Lipinski definition) is 9. The minimum atomic E-state index is 0.181. The van der Waals surface area contributed by atoms with Gasteiger partial charge in [0.1, 0.15) is 22.7 Å². The van der Waals surface area contributed by atoms with Gasteiger partial charge in [-0.1, -0.05) is 0 Å². The summed E-state index contributed by atoms with van der Waals surface area (Å²) in [4.78, 5) is 32.7. The van der Waals surface area contributed by atoms with Crippen LogP contribution in [-0.2, 0) is 0 Å². The van der Waals surface area contributed by atoms with Gasteiger partial charge in [0.25, 0.3) is 0 Å². The first-order valence-electron chi connectivity index (χ1n) is 11.2. The number of aromatic nitrogens is 10. The second kappa shape index (κ2) is 7.40. The number of nitrogens with zero attached hydrogens (tertiary/aromatic N) is 9. The summed E-state index contributed by atoms with van der Waals surface area (Å²) >= 11 is 0. The Bertz CT molecular complexity index is 1700. The molecule has 6 aromatic rings. The molecule has 12 nitrogen and oxygen atoms in total. The highest BCUT2D eigenvalue weighted by molar-refractivity contribution is 5.94. The lowest BCUT2D eigenvalue weighted by Crippen LogP contribution is -2.56. The van der Waals surface area contributed by atoms with Crippen LogP contribution in [0.3, 0.4) is 0 Å². The van der Waals surface area contributed by atoms with Crippen molar-refractivity contribution < 1.29 is 0 Å². The van der Waals surface area contributed by atoms with Crippen LogP contribution in [0.15, 0.2) is 49.4 Å². The average molecular weight is 464 g/mol. The Kier molecular flexibility index (Phi) is 4.17. The van der Waals surface area contributed by atoms with Crippen molar-refractivity contribution in [3.8, 4) is 28.6 Å². The molecule has 0 saturated carbocycles. The maximum atomic E-state index is 5.92. The van der Waals surface area contributed by atoms with Gasteiger partial charge in [-0.3, -0.25) is 15.1 Å². The summed E-state index contributed by atoms with van der Waals surface area (Å²) in [5.41, 5.74) is 12.0. The lowest BCUT2D eigenvalue weighted by Gasteiger charge is -2.37.